The molecule has 1 saturated heterocycles. The first kappa shape index (κ1) is 20.3. The molecule has 0 amide bonds. The zero-order chi connectivity index (χ0) is 21.1. The summed E-state index contributed by atoms with van der Waals surface area (Å²) in [6.07, 6.45) is 4.26. The Kier molecular flexibility index (Phi) is 5.70. The molecule has 7 heteroatoms. The Morgan fingerprint density at radius 1 is 1.10 bits per heavy atom. The van der Waals surface area contributed by atoms with Crippen molar-refractivity contribution in [3.05, 3.63) is 36.5 Å². The van der Waals surface area contributed by atoms with Crippen LogP contribution in [0.5, 0.6) is 5.88 Å². The lowest BCUT2D eigenvalue weighted by atomic mass is 9.75. The molecule has 1 N–H and O–H groups in total. The van der Waals surface area contributed by atoms with E-state index >= 15 is 0 Å². The number of ether oxygens (including phenoxy) is 1. The van der Waals surface area contributed by atoms with E-state index in [9.17, 15) is 0 Å². The highest BCUT2D eigenvalue weighted by Crippen LogP contribution is 2.38. The molecule has 0 radical (unpaired) electrons. The van der Waals surface area contributed by atoms with Crippen molar-refractivity contribution in [3.8, 4) is 28.4 Å². The third kappa shape index (κ3) is 4.30. The van der Waals surface area contributed by atoms with E-state index < -0.39 is 0 Å². The van der Waals surface area contributed by atoms with E-state index in [1.807, 2.05) is 25.3 Å². The molecule has 0 saturated carbocycles. The van der Waals surface area contributed by atoms with Gasteiger partial charge in [-0.2, -0.15) is 5.21 Å². The quantitative estimate of drug-likeness (QED) is 0.667. The summed E-state index contributed by atoms with van der Waals surface area (Å²) in [5.41, 5.74) is 4.54. The van der Waals surface area contributed by atoms with Gasteiger partial charge in [0, 0.05) is 42.2 Å². The first-order chi connectivity index (χ1) is 14.5. The number of aromatic amines is 1. The van der Waals surface area contributed by atoms with Gasteiger partial charge in [-0.05, 0) is 60.1 Å². The molecule has 1 fully saturated rings. The van der Waals surface area contributed by atoms with Crippen LogP contribution in [0.25, 0.3) is 22.5 Å². The third-order valence-corrected chi connectivity index (χ3v) is 6.01. The highest BCUT2D eigenvalue weighted by molar-refractivity contribution is 5.83. The molecular formula is C23H30N6O. The number of hydrogen-bond acceptors (Lipinski definition) is 6. The lowest BCUT2D eigenvalue weighted by Gasteiger charge is -2.40. The second-order valence-corrected chi connectivity index (χ2v) is 8.91. The van der Waals surface area contributed by atoms with Gasteiger partial charge in [-0.15, -0.1) is 10.2 Å². The van der Waals surface area contributed by atoms with Crippen LogP contribution < -0.4 is 9.64 Å². The van der Waals surface area contributed by atoms with E-state index in [2.05, 4.69) is 69.5 Å². The maximum absolute atomic E-state index is 5.47. The molecule has 4 rings (SSSR count). The van der Waals surface area contributed by atoms with E-state index in [4.69, 9.17) is 4.74 Å². The van der Waals surface area contributed by atoms with E-state index in [0.717, 1.165) is 35.7 Å². The minimum atomic E-state index is 0.367. The molecule has 3 heterocycles. The molecular weight excluding hydrogens is 376 g/mol. The van der Waals surface area contributed by atoms with Gasteiger partial charge in [-0.25, -0.2) is 4.98 Å². The average molecular weight is 407 g/mol. The van der Waals surface area contributed by atoms with Gasteiger partial charge in [0.2, 0.25) is 11.7 Å². The smallest absolute Gasteiger partial charge is 0.213 e. The number of H-pyrrole nitrogens is 1. The van der Waals surface area contributed by atoms with Crippen molar-refractivity contribution in [1.29, 1.82) is 0 Å². The summed E-state index contributed by atoms with van der Waals surface area (Å²) < 4.78 is 5.47. The molecule has 2 aromatic heterocycles. The van der Waals surface area contributed by atoms with Crippen molar-refractivity contribution < 1.29 is 4.74 Å². The molecule has 1 aliphatic heterocycles. The monoisotopic (exact) mass is 406 g/mol. The predicted molar refractivity (Wildman–Crippen MR) is 118 cm³/mol. The number of aromatic nitrogens is 5. The number of tetrazole rings is 1. The summed E-state index contributed by atoms with van der Waals surface area (Å²) in [5, 5.41) is 14.8. The molecule has 3 aromatic rings. The van der Waals surface area contributed by atoms with Crippen molar-refractivity contribution in [2.75, 3.05) is 24.6 Å². The predicted octanol–water partition coefficient (Wildman–Crippen LogP) is 4.59. The summed E-state index contributed by atoms with van der Waals surface area (Å²) in [7, 11) is 0. The average Bonchev–Trinajstić information content (AvgIpc) is 3.29. The molecule has 1 aliphatic rings. The van der Waals surface area contributed by atoms with Crippen molar-refractivity contribution in [2.24, 2.45) is 11.3 Å². The zero-order valence-electron chi connectivity index (χ0n) is 18.2. The number of hydrogen-bond donors (Lipinski definition) is 1. The fourth-order valence-corrected chi connectivity index (χ4v) is 4.22. The van der Waals surface area contributed by atoms with Crippen molar-refractivity contribution in [2.45, 2.75) is 40.5 Å². The molecule has 0 aliphatic carbocycles. The van der Waals surface area contributed by atoms with Crippen LogP contribution in [0.3, 0.4) is 0 Å². The van der Waals surface area contributed by atoms with Gasteiger partial charge >= 0.3 is 0 Å². The highest BCUT2D eigenvalue weighted by atomic mass is 16.5. The molecule has 7 nitrogen and oxygen atoms in total. The second-order valence-electron chi connectivity index (χ2n) is 8.91. The molecule has 0 bridgehead atoms. The number of anilines is 1. The molecule has 158 valence electrons. The third-order valence-electron chi connectivity index (χ3n) is 6.01. The lowest BCUT2D eigenvalue weighted by molar-refractivity contribution is 0.199. The summed E-state index contributed by atoms with van der Waals surface area (Å²) >= 11 is 0. The Morgan fingerprint density at radius 3 is 2.50 bits per heavy atom. The van der Waals surface area contributed by atoms with Crippen molar-refractivity contribution >= 4 is 5.69 Å². The first-order valence-electron chi connectivity index (χ1n) is 10.7. The summed E-state index contributed by atoms with van der Waals surface area (Å²) in [5.74, 6) is 1.98. The molecule has 30 heavy (non-hydrogen) atoms. The zero-order valence-corrected chi connectivity index (χ0v) is 18.2. The highest BCUT2D eigenvalue weighted by Gasteiger charge is 2.29. The Bertz CT molecular complexity index is 954. The van der Waals surface area contributed by atoms with E-state index in [1.165, 1.54) is 18.5 Å². The van der Waals surface area contributed by atoms with Crippen LogP contribution in [0.15, 0.2) is 36.5 Å². The summed E-state index contributed by atoms with van der Waals surface area (Å²) in [6, 6.07) is 10.4. The first-order valence-corrected chi connectivity index (χ1v) is 10.7. The fraction of sp³-hybridized carbons (Fsp3) is 0.478. The minimum absolute atomic E-state index is 0.367. The van der Waals surface area contributed by atoms with Gasteiger partial charge in [0.05, 0.1) is 6.61 Å². The molecule has 1 aromatic carbocycles. The number of piperidine rings is 1. The topological polar surface area (TPSA) is 79.8 Å². The van der Waals surface area contributed by atoms with Crippen LogP contribution in [-0.2, 0) is 0 Å². The van der Waals surface area contributed by atoms with Crippen LogP contribution in [0, 0.1) is 11.3 Å². The van der Waals surface area contributed by atoms with Gasteiger partial charge in [-0.1, -0.05) is 26.8 Å². The second kappa shape index (κ2) is 8.42. The minimum Gasteiger partial charge on any atom is -0.478 e. The van der Waals surface area contributed by atoms with E-state index in [1.54, 1.807) is 0 Å². The van der Waals surface area contributed by atoms with Crippen LogP contribution in [0.4, 0.5) is 5.69 Å². The Morgan fingerprint density at radius 2 is 1.90 bits per heavy atom. The maximum Gasteiger partial charge on any atom is 0.213 e. The van der Waals surface area contributed by atoms with E-state index in [-0.39, 0.29) is 0 Å². The van der Waals surface area contributed by atoms with Gasteiger partial charge < -0.3 is 9.64 Å². The van der Waals surface area contributed by atoms with Crippen LogP contribution in [0.1, 0.15) is 40.5 Å². The van der Waals surface area contributed by atoms with Crippen molar-refractivity contribution in [3.63, 3.8) is 0 Å². The van der Waals surface area contributed by atoms with Gasteiger partial charge in [0.25, 0.3) is 0 Å². The molecule has 0 atom stereocenters. The maximum atomic E-state index is 5.47. The Labute approximate surface area is 177 Å². The Hall–Kier alpha value is -2.96. The fourth-order valence-electron chi connectivity index (χ4n) is 4.22. The standard InChI is InChI=1S/C23H30N6O/c1-5-30-21-9-6-16(15-24-21)19-8-7-18(14-20(19)22-25-27-28-26-22)29-12-10-17(11-13-29)23(2,3)4/h6-9,14-15,17H,5,10-13H2,1-4H3,(H,25,26,27,28). The summed E-state index contributed by atoms with van der Waals surface area (Å²) in [4.78, 5) is 6.88. The van der Waals surface area contributed by atoms with Gasteiger partial charge in [-0.3, -0.25) is 0 Å². The van der Waals surface area contributed by atoms with Crippen molar-refractivity contribution in [1.82, 2.24) is 25.6 Å². The molecule has 0 spiro atoms. The number of benzene rings is 1. The summed E-state index contributed by atoms with van der Waals surface area (Å²) in [6.45, 7) is 11.7. The normalized spacial score (nSPS) is 15.4. The molecule has 0 unspecified atom stereocenters. The van der Waals surface area contributed by atoms with Gasteiger partial charge in [0.15, 0.2) is 0 Å². The largest absolute Gasteiger partial charge is 0.478 e. The number of rotatable bonds is 5. The number of nitrogens with one attached hydrogen (secondary N) is 1. The van der Waals surface area contributed by atoms with E-state index in [0.29, 0.717) is 23.7 Å². The van der Waals surface area contributed by atoms with Gasteiger partial charge in [0.1, 0.15) is 0 Å². The SMILES string of the molecule is CCOc1ccc(-c2ccc(N3CCC(C(C)(C)C)CC3)cc2-c2nn[nH]n2)cn1. The lowest BCUT2D eigenvalue weighted by Crippen LogP contribution is -2.38. The number of nitrogens with zero attached hydrogens (tertiary/aromatic N) is 5. The van der Waals surface area contributed by atoms with Crippen LogP contribution >= 0.6 is 0 Å². The van der Waals surface area contributed by atoms with Crippen LogP contribution in [0.2, 0.25) is 0 Å². The van der Waals surface area contributed by atoms with Crippen LogP contribution in [-0.4, -0.2) is 45.3 Å². The Balaban J connectivity index is 1.63. The number of pyridine rings is 1.